The largest absolute Gasteiger partial charge is 0.462 e. The van der Waals surface area contributed by atoms with E-state index in [0.29, 0.717) is 19.3 Å². The van der Waals surface area contributed by atoms with E-state index >= 15 is 0 Å². The van der Waals surface area contributed by atoms with Gasteiger partial charge in [0.05, 0.1) is 0 Å². The third kappa shape index (κ3) is 47.9. The standard InChI is InChI=1S/C56H108O6/c1-6-8-9-10-11-12-13-14-15-16-17-22-25-28-31-38-43-48-56(59)62-53(50-61-55(58)47-42-37-33-32-34-39-44-51(3)4)49-60-54(57)46-41-36-30-27-24-21-19-18-20-23-26-29-35-40-45-52(5)7-2/h51-53H,6-50H2,1-5H3/t52?,53-/m0/s1. The smallest absolute Gasteiger partial charge is 0.306 e. The van der Waals surface area contributed by atoms with Crippen LogP contribution in [0.15, 0.2) is 0 Å². The first-order valence-electron chi connectivity index (χ1n) is 27.8. The second-order valence-corrected chi connectivity index (χ2v) is 19.9. The highest BCUT2D eigenvalue weighted by Crippen LogP contribution is 2.18. The Hall–Kier alpha value is -1.59. The van der Waals surface area contributed by atoms with E-state index in [1.54, 1.807) is 0 Å². The van der Waals surface area contributed by atoms with Crippen molar-refractivity contribution in [2.75, 3.05) is 13.2 Å². The molecule has 62 heavy (non-hydrogen) atoms. The average molecular weight is 877 g/mol. The first-order valence-corrected chi connectivity index (χ1v) is 27.8. The zero-order chi connectivity index (χ0) is 45.4. The number of hydrogen-bond donors (Lipinski definition) is 0. The van der Waals surface area contributed by atoms with Crippen LogP contribution >= 0.6 is 0 Å². The van der Waals surface area contributed by atoms with Gasteiger partial charge < -0.3 is 14.2 Å². The summed E-state index contributed by atoms with van der Waals surface area (Å²) < 4.78 is 16.8. The normalized spacial score (nSPS) is 12.5. The summed E-state index contributed by atoms with van der Waals surface area (Å²) in [6.45, 7) is 11.4. The molecular weight excluding hydrogens is 769 g/mol. The van der Waals surface area contributed by atoms with Crippen molar-refractivity contribution in [1.29, 1.82) is 0 Å². The number of rotatable bonds is 50. The second-order valence-electron chi connectivity index (χ2n) is 19.9. The molecule has 0 bridgehead atoms. The number of ether oxygens (including phenoxy) is 3. The molecule has 0 radical (unpaired) electrons. The maximum absolute atomic E-state index is 12.8. The summed E-state index contributed by atoms with van der Waals surface area (Å²) in [5.74, 6) is 0.811. The topological polar surface area (TPSA) is 78.9 Å². The highest BCUT2D eigenvalue weighted by atomic mass is 16.6. The van der Waals surface area contributed by atoms with Gasteiger partial charge in [0.2, 0.25) is 0 Å². The molecule has 0 aromatic heterocycles. The Bertz CT molecular complexity index is 949. The lowest BCUT2D eigenvalue weighted by Crippen LogP contribution is -2.30. The SMILES string of the molecule is CCCCCCCCCCCCCCCCCCCC(=O)O[C@@H](COC(=O)CCCCCCCCCCCCCCCCC(C)CC)COC(=O)CCCCCCCCC(C)C. The molecule has 6 nitrogen and oxygen atoms in total. The second kappa shape index (κ2) is 48.9. The summed E-state index contributed by atoms with van der Waals surface area (Å²) in [6.07, 6.45) is 51.0. The van der Waals surface area contributed by atoms with Crippen molar-refractivity contribution in [1.82, 2.24) is 0 Å². The van der Waals surface area contributed by atoms with Crippen LogP contribution in [0.2, 0.25) is 0 Å². The minimum atomic E-state index is -0.762. The molecule has 0 fully saturated rings. The Morgan fingerprint density at radius 2 is 0.613 bits per heavy atom. The van der Waals surface area contributed by atoms with Crippen LogP contribution in [0.3, 0.4) is 0 Å². The molecular formula is C56H108O6. The predicted molar refractivity (Wildman–Crippen MR) is 266 cm³/mol. The first kappa shape index (κ1) is 60.4. The summed E-state index contributed by atoms with van der Waals surface area (Å²) >= 11 is 0. The van der Waals surface area contributed by atoms with Gasteiger partial charge in [-0.2, -0.15) is 0 Å². The predicted octanol–water partition coefficient (Wildman–Crippen LogP) is 18.1. The van der Waals surface area contributed by atoms with E-state index in [9.17, 15) is 14.4 Å². The van der Waals surface area contributed by atoms with Crippen LogP contribution in [-0.2, 0) is 28.6 Å². The fourth-order valence-electron chi connectivity index (χ4n) is 8.49. The zero-order valence-corrected chi connectivity index (χ0v) is 42.5. The van der Waals surface area contributed by atoms with Gasteiger partial charge in [0.1, 0.15) is 13.2 Å². The average Bonchev–Trinajstić information content (AvgIpc) is 3.26. The van der Waals surface area contributed by atoms with Gasteiger partial charge in [0.15, 0.2) is 6.10 Å². The van der Waals surface area contributed by atoms with Gasteiger partial charge in [-0.3, -0.25) is 14.4 Å². The van der Waals surface area contributed by atoms with Gasteiger partial charge in [-0.25, -0.2) is 0 Å². The van der Waals surface area contributed by atoms with Gasteiger partial charge in [-0.1, -0.05) is 272 Å². The molecule has 368 valence electrons. The highest BCUT2D eigenvalue weighted by molar-refractivity contribution is 5.71. The monoisotopic (exact) mass is 877 g/mol. The lowest BCUT2D eigenvalue weighted by atomic mass is 9.99. The molecule has 0 aliphatic carbocycles. The molecule has 0 saturated heterocycles. The van der Waals surface area contributed by atoms with Crippen LogP contribution < -0.4 is 0 Å². The maximum Gasteiger partial charge on any atom is 0.306 e. The van der Waals surface area contributed by atoms with Crippen molar-refractivity contribution in [3.63, 3.8) is 0 Å². The van der Waals surface area contributed by atoms with Gasteiger partial charge >= 0.3 is 17.9 Å². The molecule has 2 atom stereocenters. The van der Waals surface area contributed by atoms with Crippen LogP contribution in [0.4, 0.5) is 0 Å². The van der Waals surface area contributed by atoms with E-state index in [0.717, 1.165) is 69.6 Å². The summed E-state index contributed by atoms with van der Waals surface area (Å²) in [6, 6.07) is 0. The Morgan fingerprint density at radius 3 is 0.919 bits per heavy atom. The number of esters is 3. The fourth-order valence-corrected chi connectivity index (χ4v) is 8.49. The van der Waals surface area contributed by atoms with E-state index in [-0.39, 0.29) is 31.1 Å². The van der Waals surface area contributed by atoms with E-state index in [2.05, 4.69) is 34.6 Å². The maximum atomic E-state index is 12.8. The molecule has 0 rings (SSSR count). The van der Waals surface area contributed by atoms with Crippen molar-refractivity contribution < 1.29 is 28.6 Å². The molecule has 0 aliphatic rings. The molecule has 0 saturated carbocycles. The van der Waals surface area contributed by atoms with Crippen molar-refractivity contribution in [2.24, 2.45) is 11.8 Å². The zero-order valence-electron chi connectivity index (χ0n) is 42.5. The number of hydrogen-bond acceptors (Lipinski definition) is 6. The molecule has 0 N–H and O–H groups in total. The molecule has 0 aromatic rings. The lowest BCUT2D eigenvalue weighted by molar-refractivity contribution is -0.167. The fraction of sp³-hybridized carbons (Fsp3) is 0.946. The number of unbranched alkanes of at least 4 members (excludes halogenated alkanes) is 34. The molecule has 0 aromatic carbocycles. The molecule has 1 unspecified atom stereocenters. The van der Waals surface area contributed by atoms with Gasteiger partial charge in [0, 0.05) is 19.3 Å². The molecule has 0 amide bonds. The lowest BCUT2D eigenvalue weighted by Gasteiger charge is -2.18. The highest BCUT2D eigenvalue weighted by Gasteiger charge is 2.19. The third-order valence-electron chi connectivity index (χ3n) is 13.1. The van der Waals surface area contributed by atoms with E-state index in [1.165, 1.54) is 199 Å². The van der Waals surface area contributed by atoms with Crippen molar-refractivity contribution >= 4 is 17.9 Å². The number of carbonyl (C=O) groups is 3. The minimum Gasteiger partial charge on any atom is -0.462 e. The Kier molecular flexibility index (Phi) is 47.6. The summed E-state index contributed by atoms with van der Waals surface area (Å²) in [7, 11) is 0. The van der Waals surface area contributed by atoms with Crippen LogP contribution in [0.25, 0.3) is 0 Å². The summed E-state index contributed by atoms with van der Waals surface area (Å²) in [4.78, 5) is 38.0. The first-order chi connectivity index (χ1) is 30.3. The van der Waals surface area contributed by atoms with E-state index < -0.39 is 6.10 Å². The van der Waals surface area contributed by atoms with Crippen molar-refractivity contribution in [2.45, 2.75) is 317 Å². The van der Waals surface area contributed by atoms with E-state index in [1.807, 2.05) is 0 Å². The molecule has 0 spiro atoms. The summed E-state index contributed by atoms with van der Waals surface area (Å²) in [5, 5.41) is 0. The Balaban J connectivity index is 4.23. The number of carbonyl (C=O) groups excluding carboxylic acids is 3. The Labute approximate surface area is 387 Å². The quantitative estimate of drug-likeness (QED) is 0.0344. The molecule has 6 heteroatoms. The van der Waals surface area contributed by atoms with Crippen molar-refractivity contribution in [3.8, 4) is 0 Å². The third-order valence-corrected chi connectivity index (χ3v) is 13.1. The molecule has 0 aliphatic heterocycles. The molecule has 0 heterocycles. The van der Waals surface area contributed by atoms with Gasteiger partial charge in [-0.15, -0.1) is 0 Å². The minimum absolute atomic E-state index is 0.0640. The van der Waals surface area contributed by atoms with Crippen molar-refractivity contribution in [3.05, 3.63) is 0 Å². The Morgan fingerprint density at radius 1 is 0.339 bits per heavy atom. The van der Waals surface area contributed by atoms with Crippen LogP contribution in [0.1, 0.15) is 311 Å². The summed E-state index contributed by atoms with van der Waals surface area (Å²) in [5.41, 5.74) is 0. The van der Waals surface area contributed by atoms with Crippen LogP contribution in [0.5, 0.6) is 0 Å². The van der Waals surface area contributed by atoms with Gasteiger partial charge in [0.25, 0.3) is 0 Å². The van der Waals surface area contributed by atoms with Gasteiger partial charge in [-0.05, 0) is 31.1 Å². The van der Waals surface area contributed by atoms with Crippen LogP contribution in [0, 0.1) is 11.8 Å². The van der Waals surface area contributed by atoms with Crippen LogP contribution in [-0.4, -0.2) is 37.2 Å². The van der Waals surface area contributed by atoms with E-state index in [4.69, 9.17) is 14.2 Å².